The average molecular weight is 356 g/mol. The van der Waals surface area contributed by atoms with E-state index in [4.69, 9.17) is 16.0 Å². The molecule has 0 aliphatic carbocycles. The molecule has 0 saturated heterocycles. The minimum atomic E-state index is -0.412. The van der Waals surface area contributed by atoms with Crippen molar-refractivity contribution in [1.82, 2.24) is 15.0 Å². The molecule has 0 unspecified atom stereocenters. The predicted octanol–water partition coefficient (Wildman–Crippen LogP) is 3.96. The summed E-state index contributed by atoms with van der Waals surface area (Å²) in [5.74, 6) is 0.183. The number of aromatic amines is 1. The van der Waals surface area contributed by atoms with Crippen LogP contribution in [0.2, 0.25) is 5.02 Å². The van der Waals surface area contributed by atoms with Gasteiger partial charge in [-0.2, -0.15) is 4.98 Å². The first-order chi connectivity index (χ1) is 12.1. The number of H-pyrrole nitrogens is 1. The van der Waals surface area contributed by atoms with Crippen LogP contribution in [0.25, 0.3) is 22.7 Å². The highest BCUT2D eigenvalue weighted by atomic mass is 35.5. The molecule has 0 bridgehead atoms. The zero-order valence-corrected chi connectivity index (χ0v) is 13.5. The van der Waals surface area contributed by atoms with Crippen molar-refractivity contribution in [3.63, 3.8) is 0 Å². The van der Waals surface area contributed by atoms with Crippen molar-refractivity contribution in [1.29, 1.82) is 0 Å². The standard InChI is InChI=1S/C18H11ClFN3O2/c19-12-6-4-10(5-7-12)8-14-21-16(24)15-18(22-14)25-17(23-15)11-2-1-3-13(20)9-11/h1-7,9H,8H2,(H,21,22,24). The molecule has 7 heteroatoms. The van der Waals surface area contributed by atoms with Crippen molar-refractivity contribution in [2.75, 3.05) is 0 Å². The van der Waals surface area contributed by atoms with Gasteiger partial charge in [0, 0.05) is 17.0 Å². The average Bonchev–Trinajstić information content (AvgIpc) is 3.02. The van der Waals surface area contributed by atoms with Crippen LogP contribution in [0.15, 0.2) is 57.7 Å². The van der Waals surface area contributed by atoms with E-state index in [2.05, 4.69) is 15.0 Å². The van der Waals surface area contributed by atoms with Gasteiger partial charge in [0.05, 0.1) is 0 Å². The largest absolute Gasteiger partial charge is 0.417 e. The molecule has 0 radical (unpaired) electrons. The lowest BCUT2D eigenvalue weighted by atomic mass is 10.1. The smallest absolute Gasteiger partial charge is 0.280 e. The van der Waals surface area contributed by atoms with Crippen LogP contribution in [-0.2, 0) is 6.42 Å². The van der Waals surface area contributed by atoms with E-state index >= 15 is 0 Å². The van der Waals surface area contributed by atoms with Crippen molar-refractivity contribution in [2.45, 2.75) is 6.42 Å². The maximum Gasteiger partial charge on any atom is 0.280 e. The molecule has 0 aliphatic heterocycles. The SMILES string of the molecule is O=c1[nH]c(Cc2ccc(Cl)cc2)nc2oc(-c3cccc(F)c3)nc12. The topological polar surface area (TPSA) is 71.8 Å². The van der Waals surface area contributed by atoms with Gasteiger partial charge in [-0.25, -0.2) is 9.37 Å². The molecule has 0 spiro atoms. The molecule has 124 valence electrons. The highest BCUT2D eigenvalue weighted by Gasteiger charge is 2.14. The van der Waals surface area contributed by atoms with Crippen LogP contribution in [0.5, 0.6) is 0 Å². The maximum absolute atomic E-state index is 13.4. The Morgan fingerprint density at radius 1 is 1.12 bits per heavy atom. The van der Waals surface area contributed by atoms with Gasteiger partial charge in [0.1, 0.15) is 11.6 Å². The summed E-state index contributed by atoms with van der Waals surface area (Å²) in [4.78, 5) is 23.4. The second-order valence-corrected chi connectivity index (χ2v) is 5.94. The molecule has 4 aromatic rings. The Hall–Kier alpha value is -2.99. The first-order valence-corrected chi connectivity index (χ1v) is 7.86. The molecule has 1 N–H and O–H groups in total. The number of benzene rings is 2. The minimum absolute atomic E-state index is 0.0825. The summed E-state index contributed by atoms with van der Waals surface area (Å²) in [7, 11) is 0. The molecule has 0 amide bonds. The predicted molar refractivity (Wildman–Crippen MR) is 92.1 cm³/mol. The van der Waals surface area contributed by atoms with E-state index in [1.807, 2.05) is 12.1 Å². The van der Waals surface area contributed by atoms with Crippen LogP contribution in [0.3, 0.4) is 0 Å². The van der Waals surface area contributed by atoms with Gasteiger partial charge in [0.15, 0.2) is 5.52 Å². The molecule has 2 aromatic carbocycles. The van der Waals surface area contributed by atoms with Crippen LogP contribution < -0.4 is 5.56 Å². The maximum atomic E-state index is 13.4. The normalized spacial score (nSPS) is 11.1. The molecule has 2 aromatic heterocycles. The summed E-state index contributed by atoms with van der Waals surface area (Å²) in [5, 5.41) is 0.635. The lowest BCUT2D eigenvalue weighted by Crippen LogP contribution is -2.11. The fourth-order valence-corrected chi connectivity index (χ4v) is 2.63. The number of nitrogens with zero attached hydrogens (tertiary/aromatic N) is 2. The lowest BCUT2D eigenvalue weighted by molar-refractivity contribution is 0.600. The number of fused-ring (bicyclic) bond motifs is 1. The summed E-state index contributed by atoms with van der Waals surface area (Å²) in [6.07, 6.45) is 0.415. The van der Waals surface area contributed by atoms with Crippen molar-refractivity contribution in [3.8, 4) is 11.5 Å². The molecule has 2 heterocycles. The van der Waals surface area contributed by atoms with E-state index in [1.54, 1.807) is 24.3 Å². The number of halogens is 2. The Kier molecular flexibility index (Phi) is 3.82. The summed E-state index contributed by atoms with van der Waals surface area (Å²) < 4.78 is 18.9. The van der Waals surface area contributed by atoms with Crippen LogP contribution in [0.1, 0.15) is 11.4 Å². The fourth-order valence-electron chi connectivity index (χ4n) is 2.50. The Morgan fingerprint density at radius 3 is 2.68 bits per heavy atom. The Labute approximate surface area is 146 Å². The summed E-state index contributed by atoms with van der Waals surface area (Å²) in [6, 6.07) is 13.0. The number of nitrogens with one attached hydrogen (secondary N) is 1. The van der Waals surface area contributed by atoms with Gasteiger partial charge in [-0.1, -0.05) is 29.8 Å². The first-order valence-electron chi connectivity index (χ1n) is 7.48. The van der Waals surface area contributed by atoms with Gasteiger partial charge in [-0.3, -0.25) is 4.79 Å². The third kappa shape index (κ3) is 3.16. The zero-order valence-electron chi connectivity index (χ0n) is 12.8. The lowest BCUT2D eigenvalue weighted by Gasteiger charge is -2.00. The van der Waals surface area contributed by atoms with Crippen molar-refractivity contribution in [2.24, 2.45) is 0 Å². The third-order valence-electron chi connectivity index (χ3n) is 3.68. The molecule has 0 saturated carbocycles. The second kappa shape index (κ2) is 6.14. The number of aromatic nitrogens is 3. The van der Waals surface area contributed by atoms with Gasteiger partial charge in [-0.15, -0.1) is 0 Å². The van der Waals surface area contributed by atoms with Crippen LogP contribution >= 0.6 is 11.6 Å². The molecule has 25 heavy (non-hydrogen) atoms. The van der Waals surface area contributed by atoms with Gasteiger partial charge in [0.25, 0.3) is 11.3 Å². The number of hydrogen-bond donors (Lipinski definition) is 1. The van der Waals surface area contributed by atoms with E-state index in [0.29, 0.717) is 22.8 Å². The van der Waals surface area contributed by atoms with Gasteiger partial charge < -0.3 is 9.40 Å². The fraction of sp³-hybridized carbons (Fsp3) is 0.0556. The molecule has 4 rings (SSSR count). The van der Waals surface area contributed by atoms with Crippen LogP contribution in [0, 0.1) is 5.82 Å². The van der Waals surface area contributed by atoms with E-state index in [1.165, 1.54) is 12.1 Å². The highest BCUT2D eigenvalue weighted by Crippen LogP contribution is 2.22. The quantitative estimate of drug-likeness (QED) is 0.603. The second-order valence-electron chi connectivity index (χ2n) is 5.50. The minimum Gasteiger partial charge on any atom is -0.417 e. The molecule has 0 aliphatic rings. The summed E-state index contributed by atoms with van der Waals surface area (Å²) >= 11 is 5.87. The number of hydrogen-bond acceptors (Lipinski definition) is 4. The number of rotatable bonds is 3. The summed E-state index contributed by atoms with van der Waals surface area (Å²) in [6.45, 7) is 0. The summed E-state index contributed by atoms with van der Waals surface area (Å²) in [5.41, 5.74) is 1.18. The molecular formula is C18H11ClFN3O2. The molecule has 5 nitrogen and oxygen atoms in total. The zero-order chi connectivity index (χ0) is 17.4. The molecular weight excluding hydrogens is 345 g/mol. The van der Waals surface area contributed by atoms with Crippen molar-refractivity contribution in [3.05, 3.63) is 81.1 Å². The van der Waals surface area contributed by atoms with Gasteiger partial charge in [0.2, 0.25) is 5.89 Å². The van der Waals surface area contributed by atoms with Gasteiger partial charge >= 0.3 is 0 Å². The van der Waals surface area contributed by atoms with Crippen molar-refractivity contribution >= 4 is 22.8 Å². The highest BCUT2D eigenvalue weighted by molar-refractivity contribution is 6.30. The van der Waals surface area contributed by atoms with Crippen LogP contribution in [-0.4, -0.2) is 15.0 Å². The van der Waals surface area contributed by atoms with E-state index in [9.17, 15) is 9.18 Å². The van der Waals surface area contributed by atoms with E-state index in [0.717, 1.165) is 5.56 Å². The first kappa shape index (κ1) is 15.5. The Bertz CT molecular complexity index is 1120. The molecule has 0 fully saturated rings. The Morgan fingerprint density at radius 2 is 1.92 bits per heavy atom. The van der Waals surface area contributed by atoms with E-state index in [-0.39, 0.29) is 17.1 Å². The van der Waals surface area contributed by atoms with Crippen molar-refractivity contribution < 1.29 is 8.81 Å². The third-order valence-corrected chi connectivity index (χ3v) is 3.93. The van der Waals surface area contributed by atoms with Gasteiger partial charge in [-0.05, 0) is 35.9 Å². The Balaban J connectivity index is 1.74. The molecule has 0 atom stereocenters. The van der Waals surface area contributed by atoms with E-state index < -0.39 is 11.4 Å². The number of oxazole rings is 1. The van der Waals surface area contributed by atoms with Crippen LogP contribution in [0.4, 0.5) is 4.39 Å². The monoisotopic (exact) mass is 355 g/mol.